The topological polar surface area (TPSA) is 64.9 Å². The van der Waals surface area contributed by atoms with Gasteiger partial charge in [0.25, 0.3) is 0 Å². The van der Waals surface area contributed by atoms with Crippen LogP contribution >= 0.6 is 0 Å². The first kappa shape index (κ1) is 14.3. The molecule has 0 unspecified atom stereocenters. The quantitative estimate of drug-likeness (QED) is 0.937. The van der Waals surface area contributed by atoms with Gasteiger partial charge in [-0.3, -0.25) is 0 Å². The maximum Gasteiger partial charge on any atom is 0.234 e. The normalized spacial score (nSPS) is 17.8. The van der Waals surface area contributed by atoms with Crippen molar-refractivity contribution in [3.63, 3.8) is 0 Å². The zero-order chi connectivity index (χ0) is 14.7. The molecule has 1 aliphatic carbocycles. The van der Waals surface area contributed by atoms with Crippen molar-refractivity contribution in [2.75, 3.05) is 6.54 Å². The van der Waals surface area contributed by atoms with Crippen LogP contribution in [0.3, 0.4) is 0 Å². The van der Waals surface area contributed by atoms with Gasteiger partial charge in [0.05, 0.1) is 5.41 Å². The zero-order valence-corrected chi connectivity index (χ0v) is 12.6. The molecule has 4 heteroatoms. The molecule has 0 radical (unpaired) electrons. The Morgan fingerprint density at radius 1 is 1.14 bits per heavy atom. The van der Waals surface area contributed by atoms with Crippen molar-refractivity contribution in [1.82, 2.24) is 10.1 Å². The molecule has 1 fully saturated rings. The van der Waals surface area contributed by atoms with Crippen LogP contribution in [-0.4, -0.2) is 16.7 Å². The Bertz CT molecular complexity index is 582. The average molecular weight is 285 g/mol. The first-order valence-corrected chi connectivity index (χ1v) is 7.80. The maximum absolute atomic E-state index is 6.02. The second-order valence-corrected chi connectivity index (χ2v) is 6.22. The molecule has 1 aliphatic rings. The molecule has 0 spiro atoms. The van der Waals surface area contributed by atoms with E-state index in [1.54, 1.807) is 0 Å². The van der Waals surface area contributed by atoms with Crippen molar-refractivity contribution in [1.29, 1.82) is 0 Å². The van der Waals surface area contributed by atoms with Crippen LogP contribution in [0.4, 0.5) is 0 Å². The number of nitrogens with zero attached hydrogens (tertiary/aromatic N) is 2. The average Bonchev–Trinajstić information content (AvgIpc) is 2.99. The SMILES string of the molecule is Cc1ccc(Cc2noc(C3(CN)CCCCC3)n2)cc1. The van der Waals surface area contributed by atoms with Gasteiger partial charge in [0.1, 0.15) is 0 Å². The summed E-state index contributed by atoms with van der Waals surface area (Å²) in [4.78, 5) is 4.64. The van der Waals surface area contributed by atoms with Crippen LogP contribution in [0.15, 0.2) is 28.8 Å². The van der Waals surface area contributed by atoms with Crippen molar-refractivity contribution in [3.05, 3.63) is 47.1 Å². The summed E-state index contributed by atoms with van der Waals surface area (Å²) in [5.74, 6) is 1.50. The molecule has 112 valence electrons. The van der Waals surface area contributed by atoms with Crippen LogP contribution in [0, 0.1) is 6.92 Å². The fourth-order valence-corrected chi connectivity index (χ4v) is 3.16. The van der Waals surface area contributed by atoms with Crippen LogP contribution in [0.5, 0.6) is 0 Å². The maximum atomic E-state index is 6.02. The second-order valence-electron chi connectivity index (χ2n) is 6.22. The Morgan fingerprint density at radius 3 is 2.52 bits per heavy atom. The lowest BCUT2D eigenvalue weighted by molar-refractivity contribution is 0.219. The molecule has 0 saturated heterocycles. The monoisotopic (exact) mass is 285 g/mol. The Balaban J connectivity index is 1.77. The number of rotatable bonds is 4. The Labute approximate surface area is 125 Å². The number of hydrogen-bond acceptors (Lipinski definition) is 4. The van der Waals surface area contributed by atoms with Crippen LogP contribution in [0.2, 0.25) is 0 Å². The highest BCUT2D eigenvalue weighted by molar-refractivity contribution is 5.24. The third kappa shape index (κ3) is 3.00. The minimum Gasteiger partial charge on any atom is -0.339 e. The van der Waals surface area contributed by atoms with E-state index in [9.17, 15) is 0 Å². The number of hydrogen-bond donors (Lipinski definition) is 1. The van der Waals surface area contributed by atoms with E-state index >= 15 is 0 Å². The predicted molar refractivity (Wildman–Crippen MR) is 82.1 cm³/mol. The van der Waals surface area contributed by atoms with Crippen molar-refractivity contribution < 1.29 is 4.52 Å². The number of benzene rings is 1. The largest absolute Gasteiger partial charge is 0.339 e. The molecule has 1 aromatic heterocycles. The summed E-state index contributed by atoms with van der Waals surface area (Å²) >= 11 is 0. The number of aromatic nitrogens is 2. The molecule has 0 amide bonds. The molecule has 1 saturated carbocycles. The van der Waals surface area contributed by atoms with Crippen LogP contribution in [-0.2, 0) is 11.8 Å². The number of aryl methyl sites for hydroxylation is 1. The zero-order valence-electron chi connectivity index (χ0n) is 12.6. The van der Waals surface area contributed by atoms with E-state index < -0.39 is 0 Å². The summed E-state index contributed by atoms with van der Waals surface area (Å²) < 4.78 is 5.55. The number of nitrogens with two attached hydrogens (primary N) is 1. The highest BCUT2D eigenvalue weighted by Crippen LogP contribution is 2.37. The van der Waals surface area contributed by atoms with Gasteiger partial charge in [0.2, 0.25) is 5.89 Å². The van der Waals surface area contributed by atoms with Crippen LogP contribution in [0.25, 0.3) is 0 Å². The van der Waals surface area contributed by atoms with E-state index in [4.69, 9.17) is 10.3 Å². The molecular formula is C17H23N3O. The molecule has 4 nitrogen and oxygen atoms in total. The highest BCUT2D eigenvalue weighted by atomic mass is 16.5. The lowest BCUT2D eigenvalue weighted by Crippen LogP contribution is -2.37. The van der Waals surface area contributed by atoms with E-state index in [0.717, 1.165) is 24.6 Å². The molecule has 21 heavy (non-hydrogen) atoms. The lowest BCUT2D eigenvalue weighted by atomic mass is 9.74. The molecule has 1 aromatic carbocycles. The van der Waals surface area contributed by atoms with E-state index in [1.165, 1.54) is 30.4 Å². The molecule has 1 heterocycles. The van der Waals surface area contributed by atoms with Crippen LogP contribution in [0.1, 0.15) is 54.9 Å². The van der Waals surface area contributed by atoms with E-state index in [-0.39, 0.29) is 5.41 Å². The van der Waals surface area contributed by atoms with Gasteiger partial charge in [-0.15, -0.1) is 0 Å². The summed E-state index contributed by atoms with van der Waals surface area (Å²) in [5, 5.41) is 4.16. The predicted octanol–water partition coefficient (Wildman–Crippen LogP) is 3.13. The molecular weight excluding hydrogens is 262 g/mol. The van der Waals surface area contributed by atoms with Gasteiger partial charge in [-0.05, 0) is 25.3 Å². The summed E-state index contributed by atoms with van der Waals surface area (Å²) in [6, 6.07) is 8.45. The van der Waals surface area contributed by atoms with Gasteiger partial charge >= 0.3 is 0 Å². The van der Waals surface area contributed by atoms with Gasteiger partial charge in [-0.25, -0.2) is 0 Å². The molecule has 0 aliphatic heterocycles. The second kappa shape index (κ2) is 5.98. The van der Waals surface area contributed by atoms with Crippen molar-refractivity contribution in [2.24, 2.45) is 5.73 Å². The van der Waals surface area contributed by atoms with Gasteiger partial charge in [0.15, 0.2) is 5.82 Å². The standard InChI is InChI=1S/C17H23N3O/c1-13-5-7-14(8-6-13)11-15-19-16(21-20-15)17(12-18)9-3-2-4-10-17/h5-8H,2-4,9-12,18H2,1H3. The Hall–Kier alpha value is -1.68. The molecule has 3 rings (SSSR count). The minimum atomic E-state index is -0.0865. The van der Waals surface area contributed by atoms with Gasteiger partial charge < -0.3 is 10.3 Å². The molecule has 0 bridgehead atoms. The summed E-state index contributed by atoms with van der Waals surface area (Å²) in [5.41, 5.74) is 8.40. The lowest BCUT2D eigenvalue weighted by Gasteiger charge is -2.32. The molecule has 2 aromatic rings. The highest BCUT2D eigenvalue weighted by Gasteiger charge is 2.37. The summed E-state index contributed by atoms with van der Waals surface area (Å²) in [7, 11) is 0. The summed E-state index contributed by atoms with van der Waals surface area (Å²) in [6.07, 6.45) is 6.53. The first-order valence-electron chi connectivity index (χ1n) is 7.80. The van der Waals surface area contributed by atoms with Crippen molar-refractivity contribution in [3.8, 4) is 0 Å². The van der Waals surface area contributed by atoms with Gasteiger partial charge in [-0.1, -0.05) is 54.2 Å². The summed E-state index contributed by atoms with van der Waals surface area (Å²) in [6.45, 7) is 2.68. The minimum absolute atomic E-state index is 0.0865. The Kier molecular flexibility index (Phi) is 4.06. The smallest absolute Gasteiger partial charge is 0.234 e. The van der Waals surface area contributed by atoms with Gasteiger partial charge in [0, 0.05) is 13.0 Å². The van der Waals surface area contributed by atoms with Crippen LogP contribution < -0.4 is 5.73 Å². The first-order chi connectivity index (χ1) is 10.2. The van der Waals surface area contributed by atoms with Crippen molar-refractivity contribution in [2.45, 2.75) is 50.9 Å². The Morgan fingerprint density at radius 2 is 1.86 bits per heavy atom. The van der Waals surface area contributed by atoms with E-state index in [2.05, 4.69) is 41.3 Å². The fraction of sp³-hybridized carbons (Fsp3) is 0.529. The van der Waals surface area contributed by atoms with Gasteiger partial charge in [-0.2, -0.15) is 4.98 Å². The third-order valence-electron chi connectivity index (χ3n) is 4.61. The fourth-order valence-electron chi connectivity index (χ4n) is 3.16. The molecule has 2 N–H and O–H groups in total. The molecule has 0 atom stereocenters. The third-order valence-corrected chi connectivity index (χ3v) is 4.61. The van der Waals surface area contributed by atoms with Crippen molar-refractivity contribution >= 4 is 0 Å². The van der Waals surface area contributed by atoms with E-state index in [1.807, 2.05) is 0 Å². The van der Waals surface area contributed by atoms with E-state index in [0.29, 0.717) is 13.0 Å².